The number of thiazole rings is 1. The molecule has 0 N–H and O–H groups in total. The van der Waals surface area contributed by atoms with Crippen LogP contribution in [0.1, 0.15) is 23.2 Å². The normalized spacial score (nSPS) is 10.1. The molecule has 3 nitrogen and oxygen atoms in total. The molecule has 1 aromatic carbocycles. The minimum Gasteiger partial charge on any atom is -0.486 e. The van der Waals surface area contributed by atoms with Gasteiger partial charge in [0.05, 0.1) is 27.4 Å². The van der Waals surface area contributed by atoms with Crippen LogP contribution in [0, 0.1) is 11.3 Å². The molecule has 18 heavy (non-hydrogen) atoms. The highest BCUT2D eigenvalue weighted by atomic mass is 35.5. The van der Waals surface area contributed by atoms with Gasteiger partial charge in [-0.1, -0.05) is 18.5 Å². The van der Waals surface area contributed by atoms with Crippen molar-refractivity contribution >= 4 is 22.9 Å². The molecule has 0 bridgehead atoms. The summed E-state index contributed by atoms with van der Waals surface area (Å²) in [5.41, 5.74) is 1.42. The van der Waals surface area contributed by atoms with Crippen molar-refractivity contribution in [3.8, 4) is 11.8 Å². The molecular weight excluding hydrogens is 268 g/mol. The Morgan fingerprint density at radius 1 is 1.50 bits per heavy atom. The molecule has 1 heterocycles. The van der Waals surface area contributed by atoms with Crippen LogP contribution in [0.25, 0.3) is 0 Å². The van der Waals surface area contributed by atoms with Crippen molar-refractivity contribution < 1.29 is 4.74 Å². The molecule has 1 aromatic heterocycles. The number of hydrogen-bond acceptors (Lipinski definition) is 4. The smallest absolute Gasteiger partial charge is 0.138 e. The third-order valence-electron chi connectivity index (χ3n) is 2.34. The molecule has 0 aliphatic heterocycles. The molecule has 0 unspecified atom stereocenters. The molecule has 0 spiro atoms. The highest BCUT2D eigenvalue weighted by Crippen LogP contribution is 2.26. The van der Waals surface area contributed by atoms with Crippen LogP contribution in [0.5, 0.6) is 5.75 Å². The second-order valence-corrected chi connectivity index (χ2v) is 4.98. The van der Waals surface area contributed by atoms with E-state index in [4.69, 9.17) is 21.6 Å². The van der Waals surface area contributed by atoms with Gasteiger partial charge in [0.25, 0.3) is 0 Å². The monoisotopic (exact) mass is 278 g/mol. The molecule has 0 aliphatic rings. The predicted octanol–water partition coefficient (Wildman–Crippen LogP) is 3.81. The summed E-state index contributed by atoms with van der Waals surface area (Å²) < 4.78 is 5.58. The summed E-state index contributed by atoms with van der Waals surface area (Å²) in [7, 11) is 0. The van der Waals surface area contributed by atoms with Crippen LogP contribution >= 0.6 is 22.9 Å². The topological polar surface area (TPSA) is 45.9 Å². The fourth-order valence-corrected chi connectivity index (χ4v) is 2.38. The van der Waals surface area contributed by atoms with Gasteiger partial charge in [-0.05, 0) is 24.6 Å². The van der Waals surface area contributed by atoms with E-state index in [0.717, 1.165) is 17.1 Å². The third-order valence-corrected chi connectivity index (χ3v) is 3.68. The average molecular weight is 279 g/mol. The highest BCUT2D eigenvalue weighted by molar-refractivity contribution is 7.09. The van der Waals surface area contributed by atoms with E-state index in [1.54, 1.807) is 29.5 Å². The number of aromatic nitrogens is 1. The quantitative estimate of drug-likeness (QED) is 0.854. The Morgan fingerprint density at radius 2 is 2.33 bits per heavy atom. The van der Waals surface area contributed by atoms with Gasteiger partial charge < -0.3 is 4.74 Å². The summed E-state index contributed by atoms with van der Waals surface area (Å²) in [4.78, 5) is 4.41. The van der Waals surface area contributed by atoms with E-state index >= 15 is 0 Å². The second kappa shape index (κ2) is 5.85. The van der Waals surface area contributed by atoms with E-state index in [9.17, 15) is 0 Å². The molecule has 2 rings (SSSR count). The SMILES string of the molecule is CCc1nc(COc2ccc(C#N)cc2Cl)cs1. The minimum absolute atomic E-state index is 0.391. The van der Waals surface area contributed by atoms with Crippen molar-refractivity contribution in [2.45, 2.75) is 20.0 Å². The first kappa shape index (κ1) is 12.9. The number of halogens is 1. The van der Waals surface area contributed by atoms with Gasteiger partial charge in [-0.15, -0.1) is 11.3 Å². The highest BCUT2D eigenvalue weighted by Gasteiger charge is 2.05. The standard InChI is InChI=1S/C13H11ClN2OS/c1-2-13-16-10(8-18-13)7-17-12-4-3-9(6-15)5-11(12)14/h3-5,8H,2,7H2,1H3. The Hall–Kier alpha value is -1.57. The largest absolute Gasteiger partial charge is 0.486 e. The Labute approximate surface area is 115 Å². The van der Waals surface area contributed by atoms with Crippen molar-refractivity contribution in [3.63, 3.8) is 0 Å². The van der Waals surface area contributed by atoms with Crippen LogP contribution in [0.15, 0.2) is 23.6 Å². The van der Waals surface area contributed by atoms with Crippen molar-refractivity contribution in [1.82, 2.24) is 4.98 Å². The van der Waals surface area contributed by atoms with Crippen molar-refractivity contribution in [2.24, 2.45) is 0 Å². The first-order valence-electron chi connectivity index (χ1n) is 5.48. The minimum atomic E-state index is 0.391. The Kier molecular flexibility index (Phi) is 4.19. The zero-order valence-electron chi connectivity index (χ0n) is 9.81. The van der Waals surface area contributed by atoms with Crippen LogP contribution in [0.2, 0.25) is 5.02 Å². The van der Waals surface area contributed by atoms with Gasteiger partial charge in [0, 0.05) is 5.38 Å². The molecule has 0 radical (unpaired) electrons. The Bertz CT molecular complexity index is 589. The van der Waals surface area contributed by atoms with Crippen LogP contribution in [-0.2, 0) is 13.0 Å². The molecule has 0 atom stereocenters. The maximum atomic E-state index is 8.73. The van der Waals surface area contributed by atoms with Crippen LogP contribution in [-0.4, -0.2) is 4.98 Å². The average Bonchev–Trinajstić information content (AvgIpc) is 2.85. The van der Waals surface area contributed by atoms with Gasteiger partial charge in [-0.25, -0.2) is 4.98 Å². The first-order chi connectivity index (χ1) is 8.72. The number of nitriles is 1. The molecule has 0 saturated heterocycles. The predicted molar refractivity (Wildman–Crippen MR) is 72.0 cm³/mol. The van der Waals surface area contributed by atoms with Crippen LogP contribution in [0.4, 0.5) is 0 Å². The molecule has 5 heteroatoms. The summed E-state index contributed by atoms with van der Waals surface area (Å²) in [5.74, 6) is 0.571. The van der Waals surface area contributed by atoms with E-state index in [2.05, 4.69) is 11.9 Å². The first-order valence-corrected chi connectivity index (χ1v) is 6.74. The molecule has 92 valence electrons. The summed E-state index contributed by atoms with van der Waals surface area (Å²) in [6.07, 6.45) is 0.933. The number of ether oxygens (including phenoxy) is 1. The molecule has 2 aromatic rings. The van der Waals surface area contributed by atoms with Gasteiger partial charge >= 0.3 is 0 Å². The maximum absolute atomic E-state index is 8.73. The van der Waals surface area contributed by atoms with Crippen LogP contribution < -0.4 is 4.74 Å². The molecular formula is C13H11ClN2OS. The number of hydrogen-bond donors (Lipinski definition) is 0. The molecule has 0 saturated carbocycles. The second-order valence-electron chi connectivity index (χ2n) is 3.63. The van der Waals surface area contributed by atoms with E-state index in [0.29, 0.717) is 22.9 Å². The van der Waals surface area contributed by atoms with E-state index in [1.807, 2.05) is 11.4 Å². The summed E-state index contributed by atoms with van der Waals surface area (Å²) in [5, 5.41) is 12.3. The lowest BCUT2D eigenvalue weighted by atomic mass is 10.2. The zero-order valence-corrected chi connectivity index (χ0v) is 11.4. The van der Waals surface area contributed by atoms with E-state index < -0.39 is 0 Å². The zero-order chi connectivity index (χ0) is 13.0. The number of benzene rings is 1. The summed E-state index contributed by atoms with van der Waals surface area (Å²) in [6, 6.07) is 7.00. The third kappa shape index (κ3) is 3.00. The maximum Gasteiger partial charge on any atom is 0.138 e. The number of rotatable bonds is 4. The van der Waals surface area contributed by atoms with Gasteiger partial charge in [0.1, 0.15) is 12.4 Å². The van der Waals surface area contributed by atoms with Crippen molar-refractivity contribution in [3.05, 3.63) is 44.9 Å². The van der Waals surface area contributed by atoms with Gasteiger partial charge in [0.2, 0.25) is 0 Å². The van der Waals surface area contributed by atoms with Gasteiger partial charge in [-0.2, -0.15) is 5.26 Å². The summed E-state index contributed by atoms with van der Waals surface area (Å²) in [6.45, 7) is 2.46. The Balaban J connectivity index is 2.04. The summed E-state index contributed by atoms with van der Waals surface area (Å²) >= 11 is 7.64. The van der Waals surface area contributed by atoms with E-state index in [1.165, 1.54) is 0 Å². The lowest BCUT2D eigenvalue weighted by molar-refractivity contribution is 0.302. The molecule has 0 fully saturated rings. The fourth-order valence-electron chi connectivity index (χ4n) is 1.42. The van der Waals surface area contributed by atoms with Gasteiger partial charge in [0.15, 0.2) is 0 Å². The Morgan fingerprint density at radius 3 is 2.94 bits per heavy atom. The number of nitrogens with zero attached hydrogens (tertiary/aromatic N) is 2. The lowest BCUT2D eigenvalue weighted by Crippen LogP contribution is -1.96. The molecule has 0 amide bonds. The lowest BCUT2D eigenvalue weighted by Gasteiger charge is -2.06. The molecule has 0 aliphatic carbocycles. The van der Waals surface area contributed by atoms with Gasteiger partial charge in [-0.3, -0.25) is 0 Å². The number of aryl methyl sites for hydroxylation is 1. The van der Waals surface area contributed by atoms with Crippen molar-refractivity contribution in [1.29, 1.82) is 5.26 Å². The van der Waals surface area contributed by atoms with Crippen LogP contribution in [0.3, 0.4) is 0 Å². The fraction of sp³-hybridized carbons (Fsp3) is 0.231. The van der Waals surface area contributed by atoms with E-state index in [-0.39, 0.29) is 0 Å². The van der Waals surface area contributed by atoms with Crippen molar-refractivity contribution in [2.75, 3.05) is 0 Å².